The van der Waals surface area contributed by atoms with Crippen molar-refractivity contribution in [3.8, 4) is 17.2 Å². The Bertz CT molecular complexity index is 922. The zero-order valence-electron chi connectivity index (χ0n) is 16.5. The van der Waals surface area contributed by atoms with Crippen molar-refractivity contribution in [2.45, 2.75) is 18.4 Å². The van der Waals surface area contributed by atoms with Crippen molar-refractivity contribution < 1.29 is 28.9 Å². The number of methoxy groups -OCH3 is 2. The van der Waals surface area contributed by atoms with Gasteiger partial charge in [0.2, 0.25) is 0 Å². The van der Waals surface area contributed by atoms with Crippen molar-refractivity contribution in [2.24, 2.45) is 0 Å². The first-order valence-corrected chi connectivity index (χ1v) is 9.97. The summed E-state index contributed by atoms with van der Waals surface area (Å²) >= 11 is 3.22. The maximum atomic E-state index is 12.9. The van der Waals surface area contributed by atoms with Crippen molar-refractivity contribution in [3.05, 3.63) is 45.8 Å². The number of likely N-dealkylation sites (tertiary alicyclic amines) is 1. The number of hydrogen-bond donors (Lipinski definition) is 2. The molecule has 2 N–H and O–H groups in total. The number of ketones is 1. The minimum absolute atomic E-state index is 0.0522. The number of ether oxygens (including phenoxy) is 2. The Hall–Kier alpha value is -2.29. The number of carbonyl (C=O) groups is 1. The maximum absolute atomic E-state index is 12.9. The summed E-state index contributed by atoms with van der Waals surface area (Å²) in [5.74, 6) is 0.342. The molecule has 7 nitrogen and oxygen atoms in total. The van der Waals surface area contributed by atoms with E-state index in [1.165, 1.54) is 26.4 Å². The number of phenolic OH excluding ortho intramolecular Hbond substituents is 1. The number of nitrogens with zero attached hydrogens (tertiary/aromatic N) is 1. The molecule has 29 heavy (non-hydrogen) atoms. The van der Waals surface area contributed by atoms with Crippen LogP contribution in [0.4, 0.5) is 0 Å². The zero-order chi connectivity index (χ0) is 21.1. The summed E-state index contributed by atoms with van der Waals surface area (Å²) in [5, 5.41) is 20.9. The molecule has 3 rings (SSSR count). The molecule has 8 heteroatoms. The van der Waals surface area contributed by atoms with E-state index in [1.807, 2.05) is 11.9 Å². The molecule has 1 saturated heterocycles. The third-order valence-electron chi connectivity index (χ3n) is 5.33. The van der Waals surface area contributed by atoms with Crippen LogP contribution in [0.25, 0.3) is 6.08 Å². The molecular formula is C21H24BrNO6. The highest BCUT2D eigenvalue weighted by molar-refractivity contribution is 9.10. The first-order chi connectivity index (χ1) is 13.9. The smallest absolute Gasteiger partial charge is 0.193 e. The van der Waals surface area contributed by atoms with Gasteiger partial charge in [0.25, 0.3) is 0 Å². The van der Waals surface area contributed by atoms with E-state index in [0.29, 0.717) is 21.7 Å². The number of rotatable bonds is 7. The van der Waals surface area contributed by atoms with Gasteiger partial charge in [-0.3, -0.25) is 4.79 Å². The van der Waals surface area contributed by atoms with Crippen LogP contribution in [-0.2, 0) is 0 Å². The molecule has 0 aliphatic carbocycles. The molecule has 156 valence electrons. The quantitative estimate of drug-likeness (QED) is 0.477. The molecule has 2 atom stereocenters. The first kappa shape index (κ1) is 21.4. The molecular weight excluding hydrogens is 442 g/mol. The number of halogens is 1. The molecule has 1 aliphatic heterocycles. The van der Waals surface area contributed by atoms with Crippen LogP contribution < -0.4 is 9.47 Å². The Balaban J connectivity index is 2.06. The van der Waals surface area contributed by atoms with Crippen LogP contribution in [0.1, 0.15) is 34.0 Å². The van der Waals surface area contributed by atoms with Crippen molar-refractivity contribution >= 4 is 27.8 Å². The predicted molar refractivity (Wildman–Crippen MR) is 112 cm³/mol. The standard InChI is InChI=1S/C21H24BrNO6/c1-23-9-8-13(14(23)11-24)19-16(27-2)10-17(28-3)20(21(19)26)15(25)6-4-12-5-7-18(22)29-12/h4-7,10,13-14,24,26H,8-9,11H2,1-3H3/b6-4+. The maximum Gasteiger partial charge on any atom is 0.193 e. The monoisotopic (exact) mass is 465 g/mol. The number of allylic oxidation sites excluding steroid dienone is 1. The zero-order valence-corrected chi connectivity index (χ0v) is 18.1. The second-order valence-corrected chi connectivity index (χ2v) is 7.67. The lowest BCUT2D eigenvalue weighted by Crippen LogP contribution is -2.32. The van der Waals surface area contributed by atoms with Crippen LogP contribution in [-0.4, -0.2) is 61.4 Å². The van der Waals surface area contributed by atoms with Gasteiger partial charge in [0.05, 0.1) is 20.8 Å². The van der Waals surface area contributed by atoms with Gasteiger partial charge < -0.3 is 29.0 Å². The molecule has 1 aromatic heterocycles. The van der Waals surface area contributed by atoms with Gasteiger partial charge in [-0.2, -0.15) is 0 Å². The molecule has 0 radical (unpaired) electrons. The van der Waals surface area contributed by atoms with E-state index in [2.05, 4.69) is 15.9 Å². The minimum Gasteiger partial charge on any atom is -0.507 e. The molecule has 0 spiro atoms. The average molecular weight is 466 g/mol. The number of aliphatic hydroxyl groups excluding tert-OH is 1. The van der Waals surface area contributed by atoms with Gasteiger partial charge in [-0.05, 0) is 60.2 Å². The molecule has 1 aliphatic rings. The number of aliphatic hydroxyl groups is 1. The third-order valence-corrected chi connectivity index (χ3v) is 5.75. The van der Waals surface area contributed by atoms with Crippen LogP contribution in [0.3, 0.4) is 0 Å². The molecule has 0 saturated carbocycles. The van der Waals surface area contributed by atoms with Crippen molar-refractivity contribution in [1.29, 1.82) is 0 Å². The minimum atomic E-state index is -0.428. The van der Waals surface area contributed by atoms with E-state index in [1.54, 1.807) is 18.2 Å². The number of carbonyl (C=O) groups excluding carboxylic acids is 1. The molecule has 0 bridgehead atoms. The predicted octanol–water partition coefficient (Wildman–Crippen LogP) is 3.44. The number of benzene rings is 1. The second-order valence-electron chi connectivity index (χ2n) is 6.88. The highest BCUT2D eigenvalue weighted by atomic mass is 79.9. The molecule has 2 unspecified atom stereocenters. The lowest BCUT2D eigenvalue weighted by atomic mass is 9.88. The fourth-order valence-corrected chi connectivity index (χ4v) is 4.15. The summed E-state index contributed by atoms with van der Waals surface area (Å²) in [5.41, 5.74) is 0.561. The van der Waals surface area contributed by atoms with E-state index in [4.69, 9.17) is 13.9 Å². The van der Waals surface area contributed by atoms with Crippen LogP contribution in [0.2, 0.25) is 0 Å². The van der Waals surface area contributed by atoms with Gasteiger partial charge in [0.15, 0.2) is 10.5 Å². The number of phenols is 1. The lowest BCUT2D eigenvalue weighted by molar-refractivity contribution is 0.104. The highest BCUT2D eigenvalue weighted by Crippen LogP contribution is 2.47. The summed E-state index contributed by atoms with van der Waals surface area (Å²) in [6, 6.07) is 4.86. The van der Waals surface area contributed by atoms with E-state index < -0.39 is 5.78 Å². The third kappa shape index (κ3) is 4.19. The highest BCUT2D eigenvalue weighted by Gasteiger charge is 2.37. The normalized spacial score (nSPS) is 19.8. The summed E-state index contributed by atoms with van der Waals surface area (Å²) in [6.45, 7) is 0.702. The number of aromatic hydroxyl groups is 1. The van der Waals surface area contributed by atoms with Crippen molar-refractivity contribution in [2.75, 3.05) is 34.4 Å². The van der Waals surface area contributed by atoms with Crippen LogP contribution in [0, 0.1) is 0 Å². The summed E-state index contributed by atoms with van der Waals surface area (Å²) < 4.78 is 16.8. The first-order valence-electron chi connectivity index (χ1n) is 9.17. The van der Waals surface area contributed by atoms with Gasteiger partial charge in [-0.15, -0.1) is 0 Å². The van der Waals surface area contributed by atoms with E-state index in [-0.39, 0.29) is 35.6 Å². The van der Waals surface area contributed by atoms with E-state index >= 15 is 0 Å². The van der Waals surface area contributed by atoms with Gasteiger partial charge in [-0.25, -0.2) is 0 Å². The Morgan fingerprint density at radius 3 is 2.66 bits per heavy atom. The topological polar surface area (TPSA) is 92.4 Å². The van der Waals surface area contributed by atoms with Crippen LogP contribution in [0.5, 0.6) is 17.2 Å². The SMILES string of the molecule is COc1cc(OC)c(C2CCN(C)C2CO)c(O)c1C(=O)/C=C/c1ccc(Br)o1. The van der Waals surface area contributed by atoms with Crippen LogP contribution >= 0.6 is 15.9 Å². The van der Waals surface area contributed by atoms with E-state index in [9.17, 15) is 15.0 Å². The number of likely N-dealkylation sites (N-methyl/N-ethyl adjacent to an activating group) is 1. The average Bonchev–Trinajstić information content (AvgIpc) is 3.29. The van der Waals surface area contributed by atoms with Gasteiger partial charge in [0, 0.05) is 23.6 Å². The van der Waals surface area contributed by atoms with Crippen molar-refractivity contribution in [3.63, 3.8) is 0 Å². The molecule has 2 heterocycles. The Kier molecular flexibility index (Phi) is 6.66. The summed E-state index contributed by atoms with van der Waals surface area (Å²) in [4.78, 5) is 15.0. The van der Waals surface area contributed by atoms with Crippen LogP contribution in [0.15, 0.2) is 33.4 Å². The van der Waals surface area contributed by atoms with Gasteiger partial charge in [-0.1, -0.05) is 0 Å². The number of furan rings is 1. The fourth-order valence-electron chi connectivity index (χ4n) is 3.83. The Morgan fingerprint density at radius 1 is 1.34 bits per heavy atom. The summed E-state index contributed by atoms with van der Waals surface area (Å²) in [6.07, 6.45) is 3.57. The molecule has 1 aromatic carbocycles. The molecule has 1 fully saturated rings. The van der Waals surface area contributed by atoms with E-state index in [0.717, 1.165) is 13.0 Å². The molecule has 0 amide bonds. The molecule has 2 aromatic rings. The number of hydrogen-bond acceptors (Lipinski definition) is 7. The van der Waals surface area contributed by atoms with Gasteiger partial charge >= 0.3 is 0 Å². The van der Waals surface area contributed by atoms with Gasteiger partial charge in [0.1, 0.15) is 28.6 Å². The largest absolute Gasteiger partial charge is 0.507 e. The summed E-state index contributed by atoms with van der Waals surface area (Å²) in [7, 11) is 4.85. The second kappa shape index (κ2) is 9.02. The van der Waals surface area contributed by atoms with Crippen molar-refractivity contribution in [1.82, 2.24) is 4.90 Å². The Morgan fingerprint density at radius 2 is 2.07 bits per heavy atom. The fraction of sp³-hybridized carbons (Fsp3) is 0.381. The Labute approximate surface area is 177 Å². The lowest BCUT2D eigenvalue weighted by Gasteiger charge is -2.26.